The predicted molar refractivity (Wildman–Crippen MR) is 151 cm³/mol. The maximum atomic E-state index is 13.3. The van der Waals surface area contributed by atoms with Crippen LogP contribution in [0.2, 0.25) is 0 Å². The first-order valence-electron chi connectivity index (χ1n) is 13.8. The first-order chi connectivity index (χ1) is 18.9. The van der Waals surface area contributed by atoms with Crippen LogP contribution in [0, 0.1) is 11.8 Å². The van der Waals surface area contributed by atoms with E-state index in [0.29, 0.717) is 52.0 Å². The Morgan fingerprint density at radius 1 is 0.762 bits per heavy atom. The van der Waals surface area contributed by atoms with Crippen LogP contribution in [0.15, 0.2) is 0 Å². The number of likely N-dealkylation sites (tertiary alicyclic amines) is 3. The van der Waals surface area contributed by atoms with Crippen molar-refractivity contribution in [2.75, 3.05) is 73.7 Å². The third-order valence-corrected chi connectivity index (χ3v) is 8.13. The van der Waals surface area contributed by atoms with Gasteiger partial charge in [0.2, 0.25) is 0 Å². The van der Waals surface area contributed by atoms with Gasteiger partial charge >= 0.3 is 18.0 Å². The van der Waals surface area contributed by atoms with Gasteiger partial charge in [-0.05, 0) is 32.2 Å². The Morgan fingerprint density at radius 2 is 1.29 bits per heavy atom. The van der Waals surface area contributed by atoms with Crippen LogP contribution in [0.1, 0.15) is 38.5 Å². The van der Waals surface area contributed by atoms with Gasteiger partial charge in [-0.15, -0.1) is 24.8 Å². The van der Waals surface area contributed by atoms with E-state index in [-0.39, 0.29) is 86.6 Å². The normalized spacial score (nSPS) is 28.8. The van der Waals surface area contributed by atoms with Gasteiger partial charge in [-0.25, -0.2) is 22.4 Å². The van der Waals surface area contributed by atoms with Gasteiger partial charge in [0, 0.05) is 57.6 Å². The average Bonchev–Trinajstić information content (AvgIpc) is 3.46. The van der Waals surface area contributed by atoms with Gasteiger partial charge in [0.15, 0.2) is 0 Å². The molecule has 4 aliphatic heterocycles. The van der Waals surface area contributed by atoms with Gasteiger partial charge in [-0.3, -0.25) is 19.4 Å². The Hall–Kier alpha value is -1.61. The van der Waals surface area contributed by atoms with Crippen molar-refractivity contribution in [3.05, 3.63) is 0 Å². The molecule has 0 aliphatic carbocycles. The predicted octanol–water partition coefficient (Wildman–Crippen LogP) is 3.06. The van der Waals surface area contributed by atoms with Crippen molar-refractivity contribution in [2.24, 2.45) is 11.8 Å². The lowest BCUT2D eigenvalue weighted by atomic mass is 9.90. The number of amides is 1. The molecule has 0 spiro atoms. The molecule has 4 fully saturated rings. The number of ether oxygens (including phenoxy) is 3. The first-order valence-corrected chi connectivity index (χ1v) is 13.8. The van der Waals surface area contributed by atoms with E-state index in [1.807, 2.05) is 0 Å². The number of alkyl halides is 4. The summed E-state index contributed by atoms with van der Waals surface area (Å²) in [6.07, 6.45) is 1.63. The molecular formula is C26H44Cl2F4N4O6. The molecule has 42 heavy (non-hydrogen) atoms. The van der Waals surface area contributed by atoms with E-state index in [0.717, 1.165) is 13.0 Å². The smallest absolute Gasteiger partial charge is 0.409 e. The second kappa shape index (κ2) is 17.0. The Balaban J connectivity index is 0.000000408. The van der Waals surface area contributed by atoms with Crippen molar-refractivity contribution in [2.45, 2.75) is 62.5 Å². The number of piperidine rings is 2. The third-order valence-electron chi connectivity index (χ3n) is 8.13. The van der Waals surface area contributed by atoms with Crippen molar-refractivity contribution in [1.29, 1.82) is 0 Å². The molecule has 0 bridgehead atoms. The quantitative estimate of drug-likeness (QED) is 0.263. The minimum absolute atomic E-state index is 0. The van der Waals surface area contributed by atoms with E-state index in [1.165, 1.54) is 26.2 Å². The van der Waals surface area contributed by atoms with Crippen molar-refractivity contribution in [3.8, 4) is 0 Å². The van der Waals surface area contributed by atoms with Gasteiger partial charge in [-0.1, -0.05) is 0 Å². The van der Waals surface area contributed by atoms with Crippen LogP contribution in [0.25, 0.3) is 0 Å². The summed E-state index contributed by atoms with van der Waals surface area (Å²) in [6.45, 7) is 2.28. The van der Waals surface area contributed by atoms with E-state index < -0.39 is 17.9 Å². The molecule has 4 atom stereocenters. The Kier molecular flexibility index (Phi) is 15.6. The van der Waals surface area contributed by atoms with Crippen LogP contribution in [0.4, 0.5) is 22.4 Å². The molecular weight excluding hydrogens is 611 g/mol. The van der Waals surface area contributed by atoms with Gasteiger partial charge in [0.25, 0.3) is 11.8 Å². The molecule has 0 radical (unpaired) electrons. The number of nitrogens with zero attached hydrogens (tertiary/aromatic N) is 3. The molecule has 246 valence electrons. The van der Waals surface area contributed by atoms with Crippen LogP contribution in [0.3, 0.4) is 0 Å². The SMILES string of the molecule is COC(=O)C1CCN(C(=O)OC)C(CN2CCC(F)(F)C2)C1.COC(=O)C1CCNC(CN2CCC(F)(F)C2)C1.Cl.Cl. The molecule has 0 saturated carbocycles. The number of halogens is 6. The summed E-state index contributed by atoms with van der Waals surface area (Å²) in [4.78, 5) is 40.0. The monoisotopic (exact) mass is 654 g/mol. The lowest BCUT2D eigenvalue weighted by Crippen LogP contribution is -2.52. The molecule has 4 unspecified atom stereocenters. The van der Waals surface area contributed by atoms with E-state index in [1.54, 1.807) is 9.80 Å². The molecule has 4 aliphatic rings. The lowest BCUT2D eigenvalue weighted by Gasteiger charge is -2.39. The van der Waals surface area contributed by atoms with Crippen LogP contribution in [0.5, 0.6) is 0 Å². The summed E-state index contributed by atoms with van der Waals surface area (Å²) in [5, 5.41) is 3.29. The number of hydrogen-bond acceptors (Lipinski definition) is 9. The maximum Gasteiger partial charge on any atom is 0.409 e. The summed E-state index contributed by atoms with van der Waals surface area (Å²) in [7, 11) is 4.00. The minimum atomic E-state index is -2.67. The number of carbonyl (C=O) groups excluding carboxylic acids is 3. The lowest BCUT2D eigenvalue weighted by molar-refractivity contribution is -0.148. The highest BCUT2D eigenvalue weighted by atomic mass is 35.5. The first kappa shape index (κ1) is 38.4. The Bertz CT molecular complexity index is 894. The van der Waals surface area contributed by atoms with Crippen molar-refractivity contribution in [3.63, 3.8) is 0 Å². The summed E-state index contributed by atoms with van der Waals surface area (Å²) >= 11 is 0. The van der Waals surface area contributed by atoms with E-state index >= 15 is 0 Å². The molecule has 0 aromatic carbocycles. The molecule has 4 heterocycles. The molecule has 1 amide bonds. The maximum absolute atomic E-state index is 13.3. The van der Waals surface area contributed by atoms with Crippen molar-refractivity contribution < 1.29 is 46.2 Å². The Morgan fingerprint density at radius 3 is 1.76 bits per heavy atom. The van der Waals surface area contributed by atoms with Crippen LogP contribution in [-0.4, -0.2) is 130 Å². The zero-order chi connectivity index (χ0) is 29.5. The van der Waals surface area contributed by atoms with Gasteiger partial charge < -0.3 is 24.4 Å². The number of carbonyl (C=O) groups is 3. The summed E-state index contributed by atoms with van der Waals surface area (Å²) < 4.78 is 67.0. The fraction of sp³-hybridized carbons (Fsp3) is 0.885. The second-order valence-electron chi connectivity index (χ2n) is 11.1. The summed E-state index contributed by atoms with van der Waals surface area (Å²) in [5.41, 5.74) is 0. The van der Waals surface area contributed by atoms with Crippen LogP contribution in [-0.2, 0) is 23.8 Å². The Labute approximate surface area is 256 Å². The fourth-order valence-corrected chi connectivity index (χ4v) is 6.02. The number of methoxy groups -OCH3 is 3. The molecule has 4 rings (SSSR count). The average molecular weight is 656 g/mol. The highest BCUT2D eigenvalue weighted by molar-refractivity contribution is 5.85. The zero-order valence-electron chi connectivity index (χ0n) is 24.3. The largest absolute Gasteiger partial charge is 0.469 e. The van der Waals surface area contributed by atoms with Gasteiger partial charge in [-0.2, -0.15) is 0 Å². The molecule has 10 nitrogen and oxygen atoms in total. The van der Waals surface area contributed by atoms with E-state index in [2.05, 4.69) is 5.32 Å². The van der Waals surface area contributed by atoms with Crippen molar-refractivity contribution in [1.82, 2.24) is 20.0 Å². The molecule has 4 saturated heterocycles. The topological polar surface area (TPSA) is 101 Å². The standard InChI is InChI=1S/C14H22F2N2O4.C12H20F2N2O2.2ClH/c1-21-12(19)10-3-5-18(13(20)22-2)11(7-10)8-17-6-4-14(15,16)9-17;1-18-11(17)9-2-4-15-10(6-9)7-16-5-3-12(13,14)8-16;;/h10-11H,3-9H2,1-2H3;9-10,15H,2-8H2,1H3;2*1H. The van der Waals surface area contributed by atoms with E-state index in [9.17, 15) is 31.9 Å². The zero-order valence-corrected chi connectivity index (χ0v) is 26.0. The van der Waals surface area contributed by atoms with Crippen molar-refractivity contribution >= 4 is 42.8 Å². The van der Waals surface area contributed by atoms with E-state index in [4.69, 9.17) is 14.2 Å². The highest BCUT2D eigenvalue weighted by Crippen LogP contribution is 2.31. The third kappa shape index (κ3) is 11.1. The van der Waals surface area contributed by atoms with Crippen LogP contribution >= 0.6 is 24.8 Å². The summed E-state index contributed by atoms with van der Waals surface area (Å²) in [6, 6.07) is -0.212. The number of nitrogens with one attached hydrogen (secondary N) is 1. The molecule has 16 heteroatoms. The molecule has 0 aromatic rings. The minimum Gasteiger partial charge on any atom is -0.469 e. The molecule has 1 N–H and O–H groups in total. The number of rotatable bonds is 6. The van der Waals surface area contributed by atoms with Gasteiger partial charge in [0.1, 0.15) is 0 Å². The summed E-state index contributed by atoms with van der Waals surface area (Å²) in [5.74, 6) is -6.12. The van der Waals surface area contributed by atoms with Gasteiger partial charge in [0.05, 0.1) is 46.3 Å². The number of hydrogen-bond donors (Lipinski definition) is 1. The number of esters is 2. The van der Waals surface area contributed by atoms with Crippen LogP contribution < -0.4 is 5.32 Å². The second-order valence-corrected chi connectivity index (χ2v) is 11.1. The fourth-order valence-electron chi connectivity index (χ4n) is 6.02. The highest BCUT2D eigenvalue weighted by Gasteiger charge is 2.42. The molecule has 0 aromatic heterocycles.